The van der Waals surface area contributed by atoms with E-state index in [0.717, 1.165) is 0 Å². The first kappa shape index (κ1) is 16.2. The van der Waals surface area contributed by atoms with Gasteiger partial charge in [-0.05, 0) is 26.0 Å². The number of likely N-dealkylation sites (N-methyl/N-ethyl adjacent to an activating group) is 1. The molecule has 0 unspecified atom stereocenters. The van der Waals surface area contributed by atoms with Crippen molar-refractivity contribution in [3.63, 3.8) is 0 Å². The lowest BCUT2D eigenvalue weighted by molar-refractivity contribution is -0.122. The number of halogens is 2. The lowest BCUT2D eigenvalue weighted by atomic mass is 10.3. The Morgan fingerprint density at radius 1 is 1.37 bits per heavy atom. The topological polar surface area (TPSA) is 75.3 Å². The van der Waals surface area contributed by atoms with Gasteiger partial charge in [-0.15, -0.1) is 0 Å². The van der Waals surface area contributed by atoms with Crippen LogP contribution in [-0.4, -0.2) is 26.9 Å². The predicted molar refractivity (Wildman–Crippen MR) is 74.9 cm³/mol. The summed E-state index contributed by atoms with van der Waals surface area (Å²) < 4.78 is 26.4. The van der Waals surface area contributed by atoms with E-state index in [4.69, 9.17) is 23.2 Å². The van der Waals surface area contributed by atoms with Crippen molar-refractivity contribution in [2.75, 3.05) is 6.54 Å². The molecule has 1 amide bonds. The Hall–Kier alpha value is -0.820. The monoisotopic (exact) mass is 324 g/mol. The van der Waals surface area contributed by atoms with Gasteiger partial charge >= 0.3 is 0 Å². The lowest BCUT2D eigenvalue weighted by Crippen LogP contribution is -2.44. The summed E-state index contributed by atoms with van der Waals surface area (Å²) in [5.74, 6) is -0.413. The maximum atomic E-state index is 12.1. The van der Waals surface area contributed by atoms with Crippen LogP contribution in [0.15, 0.2) is 23.1 Å². The third-order valence-electron chi connectivity index (χ3n) is 2.28. The van der Waals surface area contributed by atoms with Gasteiger partial charge in [-0.1, -0.05) is 29.3 Å². The van der Waals surface area contributed by atoms with Crippen LogP contribution in [0, 0.1) is 0 Å². The highest BCUT2D eigenvalue weighted by Crippen LogP contribution is 2.28. The fraction of sp³-hybridized carbons (Fsp3) is 0.364. The molecule has 5 nitrogen and oxygen atoms in total. The molecule has 0 bridgehead atoms. The van der Waals surface area contributed by atoms with E-state index < -0.39 is 22.0 Å². The van der Waals surface area contributed by atoms with Gasteiger partial charge in [0.15, 0.2) is 0 Å². The summed E-state index contributed by atoms with van der Waals surface area (Å²) in [5.41, 5.74) is 0. The minimum Gasteiger partial charge on any atom is -0.355 e. The number of hydrogen-bond acceptors (Lipinski definition) is 3. The lowest BCUT2D eigenvalue weighted by Gasteiger charge is -2.14. The second kappa shape index (κ2) is 6.56. The van der Waals surface area contributed by atoms with E-state index in [1.807, 2.05) is 0 Å². The van der Waals surface area contributed by atoms with E-state index >= 15 is 0 Å². The quantitative estimate of drug-likeness (QED) is 0.867. The molecule has 2 N–H and O–H groups in total. The molecule has 106 valence electrons. The van der Waals surface area contributed by atoms with Crippen molar-refractivity contribution in [1.82, 2.24) is 10.0 Å². The molecule has 0 saturated heterocycles. The summed E-state index contributed by atoms with van der Waals surface area (Å²) in [7, 11) is -3.90. The van der Waals surface area contributed by atoms with Crippen molar-refractivity contribution >= 4 is 39.1 Å². The summed E-state index contributed by atoms with van der Waals surface area (Å²) >= 11 is 11.6. The first-order valence-electron chi connectivity index (χ1n) is 5.53. The van der Waals surface area contributed by atoms with Crippen molar-refractivity contribution in [3.8, 4) is 0 Å². The van der Waals surface area contributed by atoms with E-state index in [0.29, 0.717) is 6.54 Å². The molecule has 19 heavy (non-hydrogen) atoms. The molecule has 0 heterocycles. The predicted octanol–water partition coefficient (Wildman–Crippen LogP) is 1.80. The minimum absolute atomic E-state index is 0.0697. The highest BCUT2D eigenvalue weighted by Gasteiger charge is 2.24. The Labute approximate surface area is 122 Å². The van der Waals surface area contributed by atoms with Gasteiger partial charge in [-0.3, -0.25) is 4.79 Å². The first-order valence-corrected chi connectivity index (χ1v) is 7.77. The summed E-state index contributed by atoms with van der Waals surface area (Å²) in [5, 5.41) is 2.59. The van der Waals surface area contributed by atoms with Crippen molar-refractivity contribution in [2.45, 2.75) is 24.8 Å². The molecule has 0 fully saturated rings. The Morgan fingerprint density at radius 3 is 2.58 bits per heavy atom. The number of sulfonamides is 1. The van der Waals surface area contributed by atoms with Crippen molar-refractivity contribution in [3.05, 3.63) is 28.2 Å². The highest BCUT2D eigenvalue weighted by molar-refractivity contribution is 7.89. The van der Waals surface area contributed by atoms with Gasteiger partial charge in [0.2, 0.25) is 15.9 Å². The van der Waals surface area contributed by atoms with E-state index in [1.54, 1.807) is 6.92 Å². The molecular weight excluding hydrogens is 311 g/mol. The van der Waals surface area contributed by atoms with Gasteiger partial charge in [0.1, 0.15) is 4.90 Å². The number of carbonyl (C=O) groups excluding carboxylic acids is 1. The molecule has 8 heteroatoms. The van der Waals surface area contributed by atoms with E-state index in [2.05, 4.69) is 10.0 Å². The zero-order valence-electron chi connectivity index (χ0n) is 10.4. The van der Waals surface area contributed by atoms with Crippen LogP contribution in [0.4, 0.5) is 0 Å². The zero-order chi connectivity index (χ0) is 14.6. The minimum atomic E-state index is -3.90. The number of hydrogen-bond donors (Lipinski definition) is 2. The molecule has 1 aromatic rings. The number of carbonyl (C=O) groups is 1. The van der Waals surface area contributed by atoms with Gasteiger partial charge in [0, 0.05) is 6.54 Å². The smallest absolute Gasteiger partial charge is 0.242 e. The van der Waals surface area contributed by atoms with Crippen LogP contribution in [-0.2, 0) is 14.8 Å². The molecule has 0 aliphatic carbocycles. The Kier molecular flexibility index (Phi) is 5.61. The molecule has 1 atom stereocenters. The molecule has 0 aliphatic heterocycles. The summed E-state index contributed by atoms with van der Waals surface area (Å²) in [6.07, 6.45) is 0. The van der Waals surface area contributed by atoms with Crippen molar-refractivity contribution < 1.29 is 13.2 Å². The van der Waals surface area contributed by atoms with E-state index in [-0.39, 0.29) is 14.9 Å². The van der Waals surface area contributed by atoms with Crippen LogP contribution in [0.5, 0.6) is 0 Å². The fourth-order valence-electron chi connectivity index (χ4n) is 1.37. The maximum Gasteiger partial charge on any atom is 0.242 e. The van der Waals surface area contributed by atoms with Crippen LogP contribution >= 0.6 is 23.2 Å². The average Bonchev–Trinajstić information content (AvgIpc) is 2.32. The maximum absolute atomic E-state index is 12.1. The second-order valence-corrected chi connectivity index (χ2v) is 6.26. The van der Waals surface area contributed by atoms with Gasteiger partial charge in [0.05, 0.1) is 16.1 Å². The molecule has 0 aliphatic rings. The van der Waals surface area contributed by atoms with Crippen LogP contribution in [0.2, 0.25) is 10.0 Å². The molecule has 0 radical (unpaired) electrons. The number of amides is 1. The zero-order valence-corrected chi connectivity index (χ0v) is 12.7. The highest BCUT2D eigenvalue weighted by atomic mass is 35.5. The third kappa shape index (κ3) is 4.07. The summed E-state index contributed by atoms with van der Waals surface area (Å²) in [6.45, 7) is 3.61. The second-order valence-electron chi connectivity index (χ2n) is 3.79. The molecule has 1 aromatic carbocycles. The van der Waals surface area contributed by atoms with Gasteiger partial charge < -0.3 is 5.32 Å². The summed E-state index contributed by atoms with van der Waals surface area (Å²) in [6, 6.07) is 3.37. The van der Waals surface area contributed by atoms with Crippen LogP contribution in [0.1, 0.15) is 13.8 Å². The first-order chi connectivity index (χ1) is 8.79. The van der Waals surface area contributed by atoms with E-state index in [9.17, 15) is 13.2 Å². The Morgan fingerprint density at radius 2 is 2.00 bits per heavy atom. The van der Waals surface area contributed by atoms with Crippen molar-refractivity contribution in [1.29, 1.82) is 0 Å². The molecule has 0 saturated carbocycles. The number of rotatable bonds is 5. The summed E-state index contributed by atoms with van der Waals surface area (Å²) in [4.78, 5) is 11.4. The van der Waals surface area contributed by atoms with Gasteiger partial charge in [-0.25, -0.2) is 8.42 Å². The van der Waals surface area contributed by atoms with Crippen LogP contribution < -0.4 is 10.0 Å². The molecule has 0 spiro atoms. The van der Waals surface area contributed by atoms with Crippen LogP contribution in [0.25, 0.3) is 0 Å². The van der Waals surface area contributed by atoms with Gasteiger partial charge in [0.25, 0.3) is 0 Å². The normalized spacial score (nSPS) is 13.1. The standard InChI is InChI=1S/C11H14Cl2N2O3S/c1-3-14-11(16)7(2)15-19(17,18)9-6-4-5-8(12)10(9)13/h4-7,15H,3H2,1-2H3,(H,14,16)/t7-/m0/s1. The number of benzene rings is 1. The Bertz CT molecular complexity index is 575. The Balaban J connectivity index is 2.99. The number of nitrogens with one attached hydrogen (secondary N) is 2. The molecule has 1 rings (SSSR count). The molecular formula is C11H14Cl2N2O3S. The average molecular weight is 325 g/mol. The largest absolute Gasteiger partial charge is 0.355 e. The van der Waals surface area contributed by atoms with E-state index in [1.165, 1.54) is 25.1 Å². The van der Waals surface area contributed by atoms with Crippen LogP contribution in [0.3, 0.4) is 0 Å². The fourth-order valence-corrected chi connectivity index (χ4v) is 3.33. The third-order valence-corrected chi connectivity index (χ3v) is 4.80. The van der Waals surface area contributed by atoms with Crippen molar-refractivity contribution in [2.24, 2.45) is 0 Å². The van der Waals surface area contributed by atoms with Gasteiger partial charge in [-0.2, -0.15) is 4.72 Å². The SMILES string of the molecule is CCNC(=O)[C@H](C)NS(=O)(=O)c1cccc(Cl)c1Cl. The molecule has 0 aromatic heterocycles.